The second-order valence-corrected chi connectivity index (χ2v) is 6.80. The minimum Gasteiger partial charge on any atom is -0.478 e. The van der Waals surface area contributed by atoms with Crippen molar-refractivity contribution in [2.75, 3.05) is 0 Å². The molecule has 5 rings (SSSR count). The Morgan fingerprint density at radius 2 is 1.41 bits per heavy atom. The van der Waals surface area contributed by atoms with Crippen LogP contribution in [0.5, 0.6) is 11.5 Å². The van der Waals surface area contributed by atoms with E-state index in [9.17, 15) is 9.90 Å². The standard InChI is InChI=1S/C25H17NO3/c27-25(28)17-7-6-10-19(15-17)29-20-13-14-24-22(16-20)21-11-4-5-12-23(21)26(24)18-8-2-1-3-9-18/h1-16H,(H,27,28). The third kappa shape index (κ3) is 3.01. The van der Waals surface area contributed by atoms with Crippen LogP contribution in [0.15, 0.2) is 97.1 Å². The summed E-state index contributed by atoms with van der Waals surface area (Å²) in [6.45, 7) is 0. The molecule has 140 valence electrons. The smallest absolute Gasteiger partial charge is 0.335 e. The fourth-order valence-corrected chi connectivity index (χ4v) is 3.70. The van der Waals surface area contributed by atoms with E-state index in [1.807, 2.05) is 48.5 Å². The summed E-state index contributed by atoms with van der Waals surface area (Å²) >= 11 is 0. The number of benzene rings is 4. The number of hydrogen-bond acceptors (Lipinski definition) is 2. The number of hydrogen-bond donors (Lipinski definition) is 1. The number of carboxylic acids is 1. The van der Waals surface area contributed by atoms with E-state index in [1.165, 1.54) is 6.07 Å². The molecule has 0 spiro atoms. The molecule has 0 aliphatic carbocycles. The quantitative estimate of drug-likeness (QED) is 0.400. The van der Waals surface area contributed by atoms with Crippen molar-refractivity contribution in [1.29, 1.82) is 0 Å². The largest absolute Gasteiger partial charge is 0.478 e. The summed E-state index contributed by atoms with van der Waals surface area (Å²) in [5.41, 5.74) is 3.51. The molecule has 0 amide bonds. The van der Waals surface area contributed by atoms with E-state index in [1.54, 1.807) is 18.2 Å². The third-order valence-corrected chi connectivity index (χ3v) is 4.98. The van der Waals surface area contributed by atoms with Crippen molar-refractivity contribution in [2.24, 2.45) is 0 Å². The molecule has 0 aliphatic heterocycles. The predicted octanol–water partition coefficient (Wildman–Crippen LogP) is 6.27. The van der Waals surface area contributed by atoms with Crippen LogP contribution in [0.1, 0.15) is 10.4 Å². The van der Waals surface area contributed by atoms with Crippen LogP contribution < -0.4 is 4.74 Å². The first-order valence-corrected chi connectivity index (χ1v) is 9.30. The van der Waals surface area contributed by atoms with Crippen molar-refractivity contribution in [1.82, 2.24) is 4.57 Å². The monoisotopic (exact) mass is 379 g/mol. The molecule has 4 heteroatoms. The van der Waals surface area contributed by atoms with Crippen molar-refractivity contribution in [3.05, 3.63) is 103 Å². The first-order valence-electron chi connectivity index (χ1n) is 9.30. The second-order valence-electron chi connectivity index (χ2n) is 6.80. The summed E-state index contributed by atoms with van der Waals surface area (Å²) in [5, 5.41) is 11.4. The van der Waals surface area contributed by atoms with E-state index < -0.39 is 5.97 Å². The van der Waals surface area contributed by atoms with Gasteiger partial charge in [-0.25, -0.2) is 4.79 Å². The van der Waals surface area contributed by atoms with Gasteiger partial charge in [-0.05, 0) is 54.6 Å². The fraction of sp³-hybridized carbons (Fsp3) is 0. The number of carboxylic acid groups (broad SMARTS) is 1. The van der Waals surface area contributed by atoms with Crippen LogP contribution in [0.3, 0.4) is 0 Å². The molecular formula is C25H17NO3. The molecule has 0 atom stereocenters. The van der Waals surface area contributed by atoms with Crippen LogP contribution in [-0.2, 0) is 0 Å². The van der Waals surface area contributed by atoms with Gasteiger partial charge in [0.05, 0.1) is 16.6 Å². The lowest BCUT2D eigenvalue weighted by molar-refractivity contribution is 0.0696. The molecule has 0 fully saturated rings. The lowest BCUT2D eigenvalue weighted by Crippen LogP contribution is -1.96. The molecule has 0 saturated heterocycles. The van der Waals surface area contributed by atoms with Gasteiger partial charge in [0.15, 0.2) is 0 Å². The highest BCUT2D eigenvalue weighted by Gasteiger charge is 2.13. The molecule has 0 bridgehead atoms. The van der Waals surface area contributed by atoms with Gasteiger partial charge >= 0.3 is 5.97 Å². The van der Waals surface area contributed by atoms with Crippen LogP contribution in [0.4, 0.5) is 0 Å². The third-order valence-electron chi connectivity index (χ3n) is 4.98. The maximum Gasteiger partial charge on any atom is 0.335 e. The molecular weight excluding hydrogens is 362 g/mol. The van der Waals surface area contributed by atoms with Crippen molar-refractivity contribution in [3.8, 4) is 17.2 Å². The summed E-state index contributed by atoms with van der Waals surface area (Å²) in [5.74, 6) is 0.184. The van der Waals surface area contributed by atoms with Gasteiger partial charge in [0.2, 0.25) is 0 Å². The number of ether oxygens (including phenoxy) is 1. The average molecular weight is 379 g/mol. The summed E-state index contributed by atoms with van der Waals surface area (Å²) in [7, 11) is 0. The van der Waals surface area contributed by atoms with Crippen molar-refractivity contribution in [3.63, 3.8) is 0 Å². The number of nitrogens with zero attached hydrogens (tertiary/aromatic N) is 1. The summed E-state index contributed by atoms with van der Waals surface area (Å²) in [6, 6.07) is 31.0. The normalized spacial score (nSPS) is 11.0. The number of aromatic carboxylic acids is 1. The zero-order chi connectivity index (χ0) is 19.8. The van der Waals surface area contributed by atoms with Crippen LogP contribution in [-0.4, -0.2) is 15.6 Å². The highest BCUT2D eigenvalue weighted by molar-refractivity contribution is 6.09. The average Bonchev–Trinajstić information content (AvgIpc) is 3.08. The Labute approximate surface area is 167 Å². The van der Waals surface area contributed by atoms with Gasteiger partial charge in [-0.1, -0.05) is 42.5 Å². The zero-order valence-corrected chi connectivity index (χ0v) is 15.4. The van der Waals surface area contributed by atoms with Crippen molar-refractivity contribution in [2.45, 2.75) is 0 Å². The Balaban J connectivity index is 1.65. The number of carbonyl (C=O) groups is 1. The maximum atomic E-state index is 11.2. The minimum absolute atomic E-state index is 0.198. The second kappa shape index (κ2) is 6.84. The van der Waals surface area contributed by atoms with Crippen LogP contribution in [0.25, 0.3) is 27.5 Å². The number of rotatable bonds is 4. The SMILES string of the molecule is O=C(O)c1cccc(Oc2ccc3c(c2)c2ccccc2n3-c2ccccc2)c1. The molecule has 0 radical (unpaired) electrons. The molecule has 4 nitrogen and oxygen atoms in total. The minimum atomic E-state index is -0.975. The summed E-state index contributed by atoms with van der Waals surface area (Å²) in [6.07, 6.45) is 0. The number of fused-ring (bicyclic) bond motifs is 3. The van der Waals surface area contributed by atoms with Gasteiger partial charge in [0, 0.05) is 16.5 Å². The zero-order valence-electron chi connectivity index (χ0n) is 15.4. The van der Waals surface area contributed by atoms with E-state index in [4.69, 9.17) is 4.74 Å². The maximum absolute atomic E-state index is 11.2. The number of aromatic nitrogens is 1. The van der Waals surface area contributed by atoms with E-state index >= 15 is 0 Å². The van der Waals surface area contributed by atoms with E-state index in [0.29, 0.717) is 11.5 Å². The van der Waals surface area contributed by atoms with Crippen molar-refractivity contribution >= 4 is 27.8 Å². The lowest BCUT2D eigenvalue weighted by atomic mass is 10.1. The highest BCUT2D eigenvalue weighted by Crippen LogP contribution is 2.35. The molecule has 1 N–H and O–H groups in total. The topological polar surface area (TPSA) is 51.5 Å². The highest BCUT2D eigenvalue weighted by atomic mass is 16.5. The van der Waals surface area contributed by atoms with Crippen LogP contribution in [0.2, 0.25) is 0 Å². The Morgan fingerprint density at radius 1 is 0.690 bits per heavy atom. The van der Waals surface area contributed by atoms with E-state index in [2.05, 4.69) is 28.8 Å². The van der Waals surface area contributed by atoms with E-state index in [-0.39, 0.29) is 5.56 Å². The predicted molar refractivity (Wildman–Crippen MR) is 114 cm³/mol. The molecule has 0 unspecified atom stereocenters. The number of para-hydroxylation sites is 2. The molecule has 0 aliphatic rings. The first kappa shape index (κ1) is 17.1. The van der Waals surface area contributed by atoms with Gasteiger partial charge < -0.3 is 14.4 Å². The van der Waals surface area contributed by atoms with E-state index in [0.717, 1.165) is 27.5 Å². The van der Waals surface area contributed by atoms with Crippen LogP contribution in [0, 0.1) is 0 Å². The molecule has 1 heterocycles. The first-order chi connectivity index (χ1) is 14.2. The van der Waals surface area contributed by atoms with Gasteiger partial charge in [0.1, 0.15) is 11.5 Å². The molecule has 1 aromatic heterocycles. The Hall–Kier alpha value is -4.05. The van der Waals surface area contributed by atoms with Gasteiger partial charge in [-0.3, -0.25) is 0 Å². The summed E-state index contributed by atoms with van der Waals surface area (Å²) in [4.78, 5) is 11.2. The molecule has 4 aromatic carbocycles. The Bertz CT molecular complexity index is 1350. The lowest BCUT2D eigenvalue weighted by Gasteiger charge is -2.09. The summed E-state index contributed by atoms with van der Waals surface area (Å²) < 4.78 is 8.20. The Morgan fingerprint density at radius 3 is 2.24 bits per heavy atom. The van der Waals surface area contributed by atoms with Crippen molar-refractivity contribution < 1.29 is 14.6 Å². The fourth-order valence-electron chi connectivity index (χ4n) is 3.70. The molecule has 29 heavy (non-hydrogen) atoms. The Kier molecular flexibility index (Phi) is 4.03. The van der Waals surface area contributed by atoms with Gasteiger partial charge in [-0.2, -0.15) is 0 Å². The van der Waals surface area contributed by atoms with Crippen LogP contribution >= 0.6 is 0 Å². The van der Waals surface area contributed by atoms with Gasteiger partial charge in [-0.15, -0.1) is 0 Å². The molecule has 5 aromatic rings. The molecule has 0 saturated carbocycles. The van der Waals surface area contributed by atoms with Gasteiger partial charge in [0.25, 0.3) is 0 Å².